The number of carbonyl (C=O) groups excluding carboxylic acids is 1. The van der Waals surface area contributed by atoms with E-state index in [9.17, 15) is 4.79 Å². The molecule has 116 valence electrons. The normalized spacial score (nSPS) is 12.1. The van der Waals surface area contributed by atoms with Crippen LogP contribution < -0.4 is 0 Å². The lowest BCUT2D eigenvalue weighted by atomic mass is 10.1. The Morgan fingerprint density at radius 3 is 2.00 bits per heavy atom. The lowest BCUT2D eigenvalue weighted by Gasteiger charge is -2.22. The van der Waals surface area contributed by atoms with Crippen molar-refractivity contribution in [2.24, 2.45) is 0 Å². The molecule has 4 nitrogen and oxygen atoms in total. The largest absolute Gasteiger partial charge is 0.454 e. The summed E-state index contributed by atoms with van der Waals surface area (Å²) in [5, 5.41) is 0. The summed E-state index contributed by atoms with van der Waals surface area (Å²) in [5.41, 5.74) is 1.43. The number of benzene rings is 2. The van der Waals surface area contributed by atoms with Crippen LogP contribution in [0, 0.1) is 0 Å². The van der Waals surface area contributed by atoms with Gasteiger partial charge in [-0.3, -0.25) is 0 Å². The Balaban J connectivity index is 2.16. The molecule has 0 spiro atoms. The summed E-state index contributed by atoms with van der Waals surface area (Å²) in [7, 11) is 3.13. The van der Waals surface area contributed by atoms with E-state index in [4.69, 9.17) is 14.2 Å². The first kappa shape index (κ1) is 16.2. The van der Waals surface area contributed by atoms with Crippen LogP contribution in [0.15, 0.2) is 60.7 Å². The van der Waals surface area contributed by atoms with Crippen LogP contribution in [0.5, 0.6) is 0 Å². The van der Waals surface area contributed by atoms with Gasteiger partial charge in [-0.25, -0.2) is 4.79 Å². The van der Waals surface area contributed by atoms with Crippen LogP contribution in [0.4, 0.5) is 0 Å². The molecule has 0 N–H and O–H groups in total. The molecular formula is C18H20O4. The first-order chi connectivity index (χ1) is 10.7. The summed E-state index contributed by atoms with van der Waals surface area (Å²) in [5.74, 6) is -0.361. The standard InChI is InChI=1S/C18H20O4/c1-20-17(21-2)13-16(14-9-5-3-6-10-14)22-18(19)15-11-7-4-8-12-15/h3-12,16-17H,13H2,1-2H3. The number of hydrogen-bond donors (Lipinski definition) is 0. The minimum absolute atomic E-state index is 0.361. The van der Waals surface area contributed by atoms with Crippen LogP contribution >= 0.6 is 0 Å². The zero-order valence-electron chi connectivity index (χ0n) is 12.8. The van der Waals surface area contributed by atoms with Crippen molar-refractivity contribution in [3.05, 3.63) is 71.8 Å². The second-order valence-electron chi connectivity index (χ2n) is 4.81. The molecule has 1 unspecified atom stereocenters. The molecule has 0 fully saturated rings. The van der Waals surface area contributed by atoms with Gasteiger partial charge in [0.2, 0.25) is 0 Å². The highest BCUT2D eigenvalue weighted by atomic mass is 16.7. The summed E-state index contributed by atoms with van der Waals surface area (Å²) in [6, 6.07) is 18.5. The summed E-state index contributed by atoms with van der Waals surface area (Å²) < 4.78 is 16.1. The number of esters is 1. The molecule has 2 aromatic rings. The molecule has 1 atom stereocenters. The maximum absolute atomic E-state index is 12.3. The highest BCUT2D eigenvalue weighted by molar-refractivity contribution is 5.89. The first-order valence-electron chi connectivity index (χ1n) is 7.11. The van der Waals surface area contributed by atoms with Gasteiger partial charge in [-0.2, -0.15) is 0 Å². The molecule has 0 amide bonds. The van der Waals surface area contributed by atoms with Gasteiger partial charge in [0.1, 0.15) is 6.10 Å². The number of rotatable bonds is 7. The number of hydrogen-bond acceptors (Lipinski definition) is 4. The molecule has 0 radical (unpaired) electrons. The number of methoxy groups -OCH3 is 2. The van der Waals surface area contributed by atoms with Crippen LogP contribution in [0.3, 0.4) is 0 Å². The topological polar surface area (TPSA) is 44.8 Å². The average Bonchev–Trinajstić information content (AvgIpc) is 2.60. The van der Waals surface area contributed by atoms with E-state index in [1.807, 2.05) is 36.4 Å². The first-order valence-corrected chi connectivity index (χ1v) is 7.11. The molecule has 0 aliphatic rings. The number of ether oxygens (including phenoxy) is 3. The maximum atomic E-state index is 12.3. The summed E-state index contributed by atoms with van der Waals surface area (Å²) >= 11 is 0. The minimum Gasteiger partial charge on any atom is -0.454 e. The zero-order chi connectivity index (χ0) is 15.8. The van der Waals surface area contributed by atoms with E-state index in [1.165, 1.54) is 0 Å². The fourth-order valence-corrected chi connectivity index (χ4v) is 2.15. The summed E-state index contributed by atoms with van der Waals surface area (Å²) in [6.45, 7) is 0. The van der Waals surface area contributed by atoms with Crippen LogP contribution in [-0.2, 0) is 14.2 Å². The van der Waals surface area contributed by atoms with Crippen LogP contribution in [0.2, 0.25) is 0 Å². The van der Waals surface area contributed by atoms with Crippen molar-refractivity contribution >= 4 is 5.97 Å². The average molecular weight is 300 g/mol. The molecule has 22 heavy (non-hydrogen) atoms. The molecular weight excluding hydrogens is 280 g/mol. The van der Waals surface area contributed by atoms with Gasteiger partial charge in [0.05, 0.1) is 5.56 Å². The van der Waals surface area contributed by atoms with Gasteiger partial charge >= 0.3 is 5.97 Å². The minimum atomic E-state index is -0.436. The van der Waals surface area contributed by atoms with Crippen molar-refractivity contribution in [2.45, 2.75) is 18.8 Å². The predicted octanol–water partition coefficient (Wildman–Crippen LogP) is 3.59. The lowest BCUT2D eigenvalue weighted by molar-refractivity contribution is -0.124. The number of carbonyl (C=O) groups is 1. The zero-order valence-corrected chi connectivity index (χ0v) is 12.8. The van der Waals surface area contributed by atoms with Gasteiger partial charge in [0.15, 0.2) is 6.29 Å². The molecule has 0 saturated heterocycles. The Kier molecular flexibility index (Phi) is 6.13. The Labute approximate surface area is 130 Å². The van der Waals surface area contributed by atoms with Crippen LogP contribution in [-0.4, -0.2) is 26.5 Å². The Morgan fingerprint density at radius 2 is 1.45 bits per heavy atom. The fraction of sp³-hybridized carbons (Fsp3) is 0.278. The van der Waals surface area contributed by atoms with Crippen molar-refractivity contribution < 1.29 is 19.0 Å². The molecule has 0 aliphatic carbocycles. The van der Waals surface area contributed by atoms with E-state index in [1.54, 1.807) is 38.5 Å². The van der Waals surface area contributed by atoms with Crippen molar-refractivity contribution in [1.82, 2.24) is 0 Å². The maximum Gasteiger partial charge on any atom is 0.338 e. The van der Waals surface area contributed by atoms with E-state index in [-0.39, 0.29) is 5.97 Å². The SMILES string of the molecule is COC(CC(OC(=O)c1ccccc1)c1ccccc1)OC. The van der Waals surface area contributed by atoms with E-state index in [2.05, 4.69) is 0 Å². The predicted molar refractivity (Wildman–Crippen MR) is 83.5 cm³/mol. The quantitative estimate of drug-likeness (QED) is 0.579. The van der Waals surface area contributed by atoms with Gasteiger partial charge in [-0.05, 0) is 17.7 Å². The molecule has 0 aromatic heterocycles. The lowest BCUT2D eigenvalue weighted by Crippen LogP contribution is -2.21. The van der Waals surface area contributed by atoms with Gasteiger partial charge in [-0.1, -0.05) is 48.5 Å². The van der Waals surface area contributed by atoms with Crippen molar-refractivity contribution in [1.29, 1.82) is 0 Å². The molecule has 2 rings (SSSR count). The van der Waals surface area contributed by atoms with Crippen LogP contribution in [0.1, 0.15) is 28.4 Å². The Morgan fingerprint density at radius 1 is 0.909 bits per heavy atom. The smallest absolute Gasteiger partial charge is 0.338 e. The fourth-order valence-electron chi connectivity index (χ4n) is 2.15. The molecule has 4 heteroatoms. The van der Waals surface area contributed by atoms with Gasteiger partial charge in [-0.15, -0.1) is 0 Å². The van der Waals surface area contributed by atoms with E-state index >= 15 is 0 Å². The van der Waals surface area contributed by atoms with Gasteiger partial charge < -0.3 is 14.2 Å². The monoisotopic (exact) mass is 300 g/mol. The summed E-state index contributed by atoms with van der Waals surface area (Å²) in [4.78, 5) is 12.3. The molecule has 0 aliphatic heterocycles. The van der Waals surface area contributed by atoms with Crippen LogP contribution in [0.25, 0.3) is 0 Å². The third-order valence-corrected chi connectivity index (χ3v) is 3.36. The second-order valence-corrected chi connectivity index (χ2v) is 4.81. The highest BCUT2D eigenvalue weighted by Gasteiger charge is 2.22. The van der Waals surface area contributed by atoms with E-state index in [0.717, 1.165) is 5.56 Å². The molecule has 0 heterocycles. The third kappa shape index (κ3) is 4.41. The second kappa shape index (κ2) is 8.32. The molecule has 0 saturated carbocycles. The van der Waals surface area contributed by atoms with E-state index in [0.29, 0.717) is 12.0 Å². The Bertz CT molecular complexity index is 564. The van der Waals surface area contributed by atoms with Crippen molar-refractivity contribution in [2.75, 3.05) is 14.2 Å². The van der Waals surface area contributed by atoms with Gasteiger partial charge in [0, 0.05) is 20.6 Å². The molecule has 0 bridgehead atoms. The van der Waals surface area contributed by atoms with Crippen molar-refractivity contribution in [3.63, 3.8) is 0 Å². The molecule has 2 aromatic carbocycles. The third-order valence-electron chi connectivity index (χ3n) is 3.36. The highest BCUT2D eigenvalue weighted by Crippen LogP contribution is 2.25. The van der Waals surface area contributed by atoms with Crippen molar-refractivity contribution in [3.8, 4) is 0 Å². The van der Waals surface area contributed by atoms with Gasteiger partial charge in [0.25, 0.3) is 0 Å². The van der Waals surface area contributed by atoms with E-state index < -0.39 is 12.4 Å². The Hall–Kier alpha value is -2.17. The summed E-state index contributed by atoms with van der Waals surface area (Å²) in [6.07, 6.45) is -0.442.